The van der Waals surface area contributed by atoms with E-state index < -0.39 is 46.1 Å². The summed E-state index contributed by atoms with van der Waals surface area (Å²) in [6, 6.07) is 0. The Balaban J connectivity index is 3.55. The standard InChI is InChI=1S/C40H71NO5SSi2/c1-19-21-22-24-28(3)36(46-49(17,18)39(10,11)12)30(5)37(43)40(13,14)34(45-48(15,16)38(7,8)9)26-35(42)44-33(23-20-2)29(4)25-32-27-47-31(6)41-32/h19-20,25,27-28,30,33-34,36H,1-2,21-24,26H2,3-18H3/b29-25-/t28-,30+,33-,34+,36-/m0/s1. The number of hydrogen-bond acceptors (Lipinski definition) is 7. The molecule has 0 fully saturated rings. The monoisotopic (exact) mass is 733 g/mol. The van der Waals surface area contributed by atoms with Gasteiger partial charge in [0.2, 0.25) is 0 Å². The summed E-state index contributed by atoms with van der Waals surface area (Å²) in [4.78, 5) is 33.3. The topological polar surface area (TPSA) is 74.7 Å². The summed E-state index contributed by atoms with van der Waals surface area (Å²) in [6.45, 7) is 41.9. The molecule has 0 aromatic carbocycles. The highest BCUT2D eigenvalue weighted by atomic mass is 32.1. The Hall–Kier alpha value is -1.66. The van der Waals surface area contributed by atoms with Crippen LogP contribution in [-0.4, -0.2) is 51.7 Å². The number of esters is 1. The third kappa shape index (κ3) is 13.1. The van der Waals surface area contributed by atoms with Crippen LogP contribution in [0.1, 0.15) is 119 Å². The van der Waals surface area contributed by atoms with Crippen molar-refractivity contribution in [2.45, 2.75) is 170 Å². The van der Waals surface area contributed by atoms with Gasteiger partial charge in [-0.15, -0.1) is 24.5 Å². The Kier molecular flexibility index (Phi) is 16.9. The zero-order chi connectivity index (χ0) is 38.2. The quantitative estimate of drug-likeness (QED) is 0.0575. The maximum Gasteiger partial charge on any atom is 0.309 e. The first kappa shape index (κ1) is 45.4. The number of Topliss-reactive ketones (excluding diaryl/α,β-unsaturated/α-hetero) is 1. The average molecular weight is 734 g/mol. The zero-order valence-corrected chi connectivity index (χ0v) is 36.9. The molecule has 1 aromatic heterocycles. The number of hydrogen-bond donors (Lipinski definition) is 0. The van der Waals surface area contributed by atoms with E-state index in [2.05, 4.69) is 92.8 Å². The normalized spacial score (nSPS) is 16.8. The van der Waals surface area contributed by atoms with Crippen molar-refractivity contribution in [3.8, 4) is 0 Å². The molecule has 49 heavy (non-hydrogen) atoms. The molecule has 9 heteroatoms. The first-order chi connectivity index (χ1) is 22.2. The van der Waals surface area contributed by atoms with Crippen molar-refractivity contribution >= 4 is 45.8 Å². The second-order valence-corrected chi connectivity index (χ2v) is 28.2. The van der Waals surface area contributed by atoms with E-state index in [1.165, 1.54) is 0 Å². The largest absolute Gasteiger partial charge is 0.457 e. The van der Waals surface area contributed by atoms with Crippen molar-refractivity contribution in [1.82, 2.24) is 4.98 Å². The number of rotatable bonds is 20. The van der Waals surface area contributed by atoms with E-state index in [1.807, 2.05) is 52.2 Å². The van der Waals surface area contributed by atoms with Crippen LogP contribution in [0.25, 0.3) is 6.08 Å². The van der Waals surface area contributed by atoms with Crippen LogP contribution in [0.4, 0.5) is 0 Å². The van der Waals surface area contributed by atoms with Crippen molar-refractivity contribution in [1.29, 1.82) is 0 Å². The summed E-state index contributed by atoms with van der Waals surface area (Å²) in [5.74, 6) is -0.562. The summed E-state index contributed by atoms with van der Waals surface area (Å²) in [5, 5.41) is 2.84. The third-order valence-electron chi connectivity index (χ3n) is 11.0. The van der Waals surface area contributed by atoms with Crippen LogP contribution in [0.5, 0.6) is 0 Å². The minimum absolute atomic E-state index is 0.00498. The predicted molar refractivity (Wildman–Crippen MR) is 215 cm³/mol. The Morgan fingerprint density at radius 2 is 1.49 bits per heavy atom. The van der Waals surface area contributed by atoms with Crippen molar-refractivity contribution in [3.05, 3.63) is 47.0 Å². The van der Waals surface area contributed by atoms with Crippen LogP contribution in [0.2, 0.25) is 36.3 Å². The highest BCUT2D eigenvalue weighted by molar-refractivity contribution is 7.09. The maximum absolute atomic E-state index is 14.8. The van der Waals surface area contributed by atoms with Gasteiger partial charge in [0.05, 0.1) is 29.3 Å². The van der Waals surface area contributed by atoms with E-state index >= 15 is 0 Å². The van der Waals surface area contributed by atoms with Gasteiger partial charge >= 0.3 is 5.97 Å². The molecule has 0 saturated heterocycles. The number of ether oxygens (including phenoxy) is 1. The maximum atomic E-state index is 14.8. The molecular formula is C40H71NO5SSi2. The van der Waals surface area contributed by atoms with Gasteiger partial charge in [-0.2, -0.15) is 0 Å². The van der Waals surface area contributed by atoms with Crippen molar-refractivity contribution in [2.24, 2.45) is 17.3 Å². The predicted octanol–water partition coefficient (Wildman–Crippen LogP) is 11.7. The Bertz CT molecular complexity index is 1280. The first-order valence-electron chi connectivity index (χ1n) is 18.1. The lowest BCUT2D eigenvalue weighted by atomic mass is 9.73. The van der Waals surface area contributed by atoms with Crippen molar-refractivity contribution in [3.63, 3.8) is 0 Å². The van der Waals surface area contributed by atoms with Gasteiger partial charge in [0.1, 0.15) is 11.9 Å². The molecule has 0 spiro atoms. The smallest absolute Gasteiger partial charge is 0.309 e. The number of carbonyl (C=O) groups excluding carboxylic acids is 2. The minimum atomic E-state index is -2.41. The minimum Gasteiger partial charge on any atom is -0.457 e. The summed E-state index contributed by atoms with van der Waals surface area (Å²) < 4.78 is 20.2. The average Bonchev–Trinajstić information content (AvgIpc) is 3.37. The molecule has 0 unspecified atom stereocenters. The fourth-order valence-corrected chi connectivity index (χ4v) is 8.94. The fraction of sp³-hybridized carbons (Fsp3) is 0.725. The van der Waals surface area contributed by atoms with E-state index in [4.69, 9.17) is 13.6 Å². The van der Waals surface area contributed by atoms with Gasteiger partial charge in [-0.25, -0.2) is 4.98 Å². The SMILES string of the molecule is C=CCCC[C@H](C)[C@H](O[Si](C)(C)C(C)(C)C)[C@@H](C)C(=O)C(C)(C)[C@@H](CC(=O)O[C@@H](CC=C)/C(C)=C\c1csc(C)n1)O[Si](C)(C)C(C)(C)C. The van der Waals surface area contributed by atoms with Crippen molar-refractivity contribution in [2.75, 3.05) is 0 Å². The number of thiazole rings is 1. The van der Waals surface area contributed by atoms with Gasteiger partial charge in [-0.05, 0) is 86.9 Å². The van der Waals surface area contributed by atoms with Gasteiger partial charge in [-0.3, -0.25) is 9.59 Å². The van der Waals surface area contributed by atoms with E-state index in [1.54, 1.807) is 17.4 Å². The van der Waals surface area contributed by atoms with Gasteiger partial charge in [0, 0.05) is 23.1 Å². The lowest BCUT2D eigenvalue weighted by Gasteiger charge is -2.46. The molecule has 6 nitrogen and oxygen atoms in total. The molecule has 0 N–H and O–H groups in total. The molecule has 1 rings (SSSR count). The molecule has 0 aliphatic rings. The highest BCUT2D eigenvalue weighted by Crippen LogP contribution is 2.44. The second kappa shape index (κ2) is 18.2. The summed E-state index contributed by atoms with van der Waals surface area (Å²) in [7, 11) is -4.63. The summed E-state index contributed by atoms with van der Waals surface area (Å²) in [5.41, 5.74) is 0.749. The van der Waals surface area contributed by atoms with Crippen LogP contribution in [-0.2, 0) is 23.2 Å². The molecular weight excluding hydrogens is 663 g/mol. The lowest BCUT2D eigenvalue weighted by molar-refractivity contribution is -0.153. The van der Waals surface area contributed by atoms with E-state index in [0.717, 1.165) is 35.5 Å². The number of unbranched alkanes of at least 4 members (excludes halogenated alkanes) is 1. The molecule has 0 radical (unpaired) electrons. The van der Waals surface area contributed by atoms with E-state index in [-0.39, 0.29) is 34.3 Å². The Morgan fingerprint density at radius 3 is 1.96 bits per heavy atom. The molecule has 5 atom stereocenters. The second-order valence-electron chi connectivity index (χ2n) is 17.7. The molecule has 1 aromatic rings. The number of ketones is 1. The van der Waals surface area contributed by atoms with Gasteiger partial charge < -0.3 is 13.6 Å². The summed E-state index contributed by atoms with van der Waals surface area (Å²) in [6.07, 6.45) is 7.57. The first-order valence-corrected chi connectivity index (χ1v) is 24.8. The lowest BCUT2D eigenvalue weighted by Crippen LogP contribution is -2.54. The molecule has 0 bridgehead atoms. The number of carbonyl (C=O) groups is 2. The van der Waals surface area contributed by atoms with Gasteiger partial charge in [0.15, 0.2) is 16.6 Å². The van der Waals surface area contributed by atoms with Crippen LogP contribution in [0, 0.1) is 24.2 Å². The molecule has 0 aliphatic carbocycles. The van der Waals surface area contributed by atoms with Crippen LogP contribution in [0.3, 0.4) is 0 Å². The Labute approximate surface area is 306 Å². The van der Waals surface area contributed by atoms with Crippen LogP contribution in [0.15, 0.2) is 36.3 Å². The van der Waals surface area contributed by atoms with E-state index in [0.29, 0.717) is 6.42 Å². The molecule has 0 aliphatic heterocycles. The molecule has 280 valence electrons. The number of aromatic nitrogens is 1. The Morgan fingerprint density at radius 1 is 0.939 bits per heavy atom. The highest BCUT2D eigenvalue weighted by Gasteiger charge is 2.50. The van der Waals surface area contributed by atoms with Crippen LogP contribution >= 0.6 is 11.3 Å². The zero-order valence-electron chi connectivity index (χ0n) is 34.0. The number of nitrogens with zero attached hydrogens (tertiary/aromatic N) is 1. The number of aryl methyl sites for hydroxylation is 1. The number of allylic oxidation sites excluding steroid dienone is 1. The van der Waals surface area contributed by atoms with E-state index in [9.17, 15) is 9.59 Å². The van der Waals surface area contributed by atoms with Crippen molar-refractivity contribution < 1.29 is 23.2 Å². The molecule has 0 saturated carbocycles. The molecule has 1 heterocycles. The fourth-order valence-electron chi connectivity index (χ4n) is 5.46. The molecule has 0 amide bonds. The summed E-state index contributed by atoms with van der Waals surface area (Å²) >= 11 is 1.58. The van der Waals surface area contributed by atoms with Gasteiger partial charge in [-0.1, -0.05) is 81.4 Å². The van der Waals surface area contributed by atoms with Crippen LogP contribution < -0.4 is 0 Å². The third-order valence-corrected chi connectivity index (χ3v) is 20.7. The van der Waals surface area contributed by atoms with Gasteiger partial charge in [0.25, 0.3) is 0 Å².